The summed E-state index contributed by atoms with van der Waals surface area (Å²) in [7, 11) is 0. The SMILES string of the molecule is O=C(NC[C@@H]1CCCN2CCCC[C@H]12)c1cn[nH]c1-c1ccc(F)cc1. The van der Waals surface area contributed by atoms with Crippen molar-refractivity contribution in [2.45, 2.75) is 38.1 Å². The molecule has 26 heavy (non-hydrogen) atoms. The second-order valence-corrected chi connectivity index (χ2v) is 7.38. The number of nitrogens with zero attached hydrogens (tertiary/aromatic N) is 2. The van der Waals surface area contributed by atoms with Crippen molar-refractivity contribution in [1.29, 1.82) is 0 Å². The minimum absolute atomic E-state index is 0.119. The fourth-order valence-electron chi connectivity index (χ4n) is 4.43. The van der Waals surface area contributed by atoms with Crippen LogP contribution in [0.2, 0.25) is 0 Å². The van der Waals surface area contributed by atoms with E-state index in [1.54, 1.807) is 18.3 Å². The van der Waals surface area contributed by atoms with Crippen molar-refractivity contribution in [1.82, 2.24) is 20.4 Å². The van der Waals surface area contributed by atoms with Gasteiger partial charge in [-0.2, -0.15) is 5.10 Å². The Bertz CT molecular complexity index is 755. The van der Waals surface area contributed by atoms with Crippen LogP contribution in [-0.2, 0) is 0 Å². The monoisotopic (exact) mass is 356 g/mol. The van der Waals surface area contributed by atoms with E-state index < -0.39 is 0 Å². The van der Waals surface area contributed by atoms with Crippen LogP contribution in [0.3, 0.4) is 0 Å². The van der Waals surface area contributed by atoms with Gasteiger partial charge in [0.1, 0.15) is 5.82 Å². The second kappa shape index (κ2) is 7.58. The number of halogens is 1. The normalized spacial score (nSPS) is 23.4. The van der Waals surface area contributed by atoms with Crippen molar-refractivity contribution < 1.29 is 9.18 Å². The van der Waals surface area contributed by atoms with Crippen LogP contribution in [0.1, 0.15) is 42.5 Å². The van der Waals surface area contributed by atoms with Gasteiger partial charge in [0, 0.05) is 18.2 Å². The number of benzene rings is 1. The first-order chi connectivity index (χ1) is 12.7. The van der Waals surface area contributed by atoms with Gasteiger partial charge in [0.25, 0.3) is 5.91 Å². The van der Waals surface area contributed by atoms with Gasteiger partial charge in [-0.3, -0.25) is 9.89 Å². The van der Waals surface area contributed by atoms with Crippen molar-refractivity contribution in [3.05, 3.63) is 41.8 Å². The van der Waals surface area contributed by atoms with E-state index in [2.05, 4.69) is 20.4 Å². The number of piperidine rings is 2. The number of fused-ring (bicyclic) bond motifs is 1. The number of nitrogens with one attached hydrogen (secondary N) is 2. The Kier molecular flexibility index (Phi) is 5.02. The maximum atomic E-state index is 13.1. The van der Waals surface area contributed by atoms with E-state index in [9.17, 15) is 9.18 Å². The van der Waals surface area contributed by atoms with Crippen molar-refractivity contribution in [3.8, 4) is 11.3 Å². The molecule has 0 spiro atoms. The molecule has 1 aromatic carbocycles. The molecule has 3 heterocycles. The Balaban J connectivity index is 1.43. The van der Waals surface area contributed by atoms with E-state index >= 15 is 0 Å². The van der Waals surface area contributed by atoms with E-state index in [4.69, 9.17) is 0 Å². The topological polar surface area (TPSA) is 61.0 Å². The predicted octanol–water partition coefficient (Wildman–Crippen LogP) is 3.21. The highest BCUT2D eigenvalue weighted by Gasteiger charge is 2.33. The van der Waals surface area contributed by atoms with Crippen LogP contribution in [0.4, 0.5) is 4.39 Å². The number of H-pyrrole nitrogens is 1. The van der Waals surface area contributed by atoms with Gasteiger partial charge in [0.05, 0.1) is 17.5 Å². The maximum Gasteiger partial charge on any atom is 0.255 e. The molecule has 2 aromatic rings. The summed E-state index contributed by atoms with van der Waals surface area (Å²) >= 11 is 0. The van der Waals surface area contributed by atoms with E-state index in [1.807, 2.05) is 0 Å². The Hall–Kier alpha value is -2.21. The molecule has 4 rings (SSSR count). The molecular weight excluding hydrogens is 331 g/mol. The van der Waals surface area contributed by atoms with Crippen molar-refractivity contribution in [3.63, 3.8) is 0 Å². The molecule has 0 radical (unpaired) electrons. The number of amides is 1. The van der Waals surface area contributed by atoms with E-state index in [0.29, 0.717) is 29.8 Å². The zero-order chi connectivity index (χ0) is 17.9. The Morgan fingerprint density at radius 3 is 2.85 bits per heavy atom. The summed E-state index contributed by atoms with van der Waals surface area (Å²) in [6.45, 7) is 3.10. The molecule has 2 aliphatic heterocycles. The average Bonchev–Trinajstić information content (AvgIpc) is 3.16. The van der Waals surface area contributed by atoms with E-state index in [-0.39, 0.29) is 11.7 Å². The molecule has 2 saturated heterocycles. The van der Waals surface area contributed by atoms with Gasteiger partial charge in [-0.1, -0.05) is 6.42 Å². The lowest BCUT2D eigenvalue weighted by molar-refractivity contribution is 0.0576. The second-order valence-electron chi connectivity index (χ2n) is 7.38. The average molecular weight is 356 g/mol. The first-order valence-electron chi connectivity index (χ1n) is 9.54. The summed E-state index contributed by atoms with van der Waals surface area (Å²) in [5.41, 5.74) is 1.89. The lowest BCUT2D eigenvalue weighted by atomic mass is 9.83. The number of carbonyl (C=O) groups is 1. The Labute approximate surface area is 153 Å². The molecule has 2 fully saturated rings. The van der Waals surface area contributed by atoms with Crippen molar-refractivity contribution in [2.24, 2.45) is 5.92 Å². The summed E-state index contributed by atoms with van der Waals surface area (Å²) in [5.74, 6) is 0.105. The molecule has 2 atom stereocenters. The van der Waals surface area contributed by atoms with Crippen LogP contribution in [0.5, 0.6) is 0 Å². The Morgan fingerprint density at radius 2 is 2.00 bits per heavy atom. The first-order valence-corrected chi connectivity index (χ1v) is 9.54. The zero-order valence-corrected chi connectivity index (χ0v) is 14.9. The summed E-state index contributed by atoms with van der Waals surface area (Å²) in [5, 5.41) is 9.99. The Morgan fingerprint density at radius 1 is 1.19 bits per heavy atom. The molecule has 1 amide bonds. The summed E-state index contributed by atoms with van der Waals surface area (Å²) < 4.78 is 13.1. The summed E-state index contributed by atoms with van der Waals surface area (Å²) in [6.07, 6.45) is 7.77. The van der Waals surface area contributed by atoms with Gasteiger partial charge < -0.3 is 10.2 Å². The largest absolute Gasteiger partial charge is 0.352 e. The quantitative estimate of drug-likeness (QED) is 0.884. The smallest absolute Gasteiger partial charge is 0.255 e. The van der Waals surface area contributed by atoms with Crippen molar-refractivity contribution >= 4 is 5.91 Å². The number of rotatable bonds is 4. The van der Waals surface area contributed by atoms with E-state index in [0.717, 1.165) is 5.56 Å². The molecule has 2 N–H and O–H groups in total. The number of aromatic nitrogens is 2. The molecule has 0 unspecified atom stereocenters. The van der Waals surface area contributed by atoms with Gasteiger partial charge in [-0.15, -0.1) is 0 Å². The van der Waals surface area contributed by atoms with Gasteiger partial charge >= 0.3 is 0 Å². The molecule has 5 nitrogen and oxygen atoms in total. The number of carbonyl (C=O) groups excluding carboxylic acids is 1. The van der Waals surface area contributed by atoms with Gasteiger partial charge in [-0.05, 0) is 69.0 Å². The lowest BCUT2D eigenvalue weighted by Gasteiger charge is -2.44. The van der Waals surface area contributed by atoms with Gasteiger partial charge in [0.15, 0.2) is 0 Å². The fourth-order valence-corrected chi connectivity index (χ4v) is 4.43. The van der Waals surface area contributed by atoms with Crippen LogP contribution in [0.15, 0.2) is 30.5 Å². The number of aromatic amines is 1. The highest BCUT2D eigenvalue weighted by molar-refractivity contribution is 5.99. The van der Waals surface area contributed by atoms with Crippen molar-refractivity contribution in [2.75, 3.05) is 19.6 Å². The van der Waals surface area contributed by atoms with Crippen LogP contribution in [-0.4, -0.2) is 46.7 Å². The number of hydrogen-bond donors (Lipinski definition) is 2. The molecule has 0 bridgehead atoms. The predicted molar refractivity (Wildman–Crippen MR) is 98.3 cm³/mol. The van der Waals surface area contributed by atoms with Crippen LogP contribution < -0.4 is 5.32 Å². The third kappa shape index (κ3) is 3.51. The standard InChI is InChI=1S/C20H25FN4O/c21-16-8-6-14(7-9-16)19-17(13-23-24-19)20(26)22-12-15-4-3-11-25-10-2-1-5-18(15)25/h6-9,13,15,18H,1-5,10-12H2,(H,22,26)(H,23,24)/t15-,18+/m0/s1. The van der Waals surface area contributed by atoms with Gasteiger partial charge in [0.2, 0.25) is 0 Å². The number of hydrogen-bond acceptors (Lipinski definition) is 3. The first kappa shape index (κ1) is 17.2. The maximum absolute atomic E-state index is 13.1. The van der Waals surface area contributed by atoms with Gasteiger partial charge in [-0.25, -0.2) is 4.39 Å². The molecule has 6 heteroatoms. The van der Waals surface area contributed by atoms with Crippen LogP contribution in [0, 0.1) is 11.7 Å². The molecule has 2 aliphatic rings. The molecular formula is C20H25FN4O. The molecule has 0 aliphatic carbocycles. The lowest BCUT2D eigenvalue weighted by Crippen LogP contribution is -2.51. The molecule has 1 aromatic heterocycles. The third-order valence-electron chi connectivity index (χ3n) is 5.77. The zero-order valence-electron chi connectivity index (χ0n) is 14.9. The molecule has 138 valence electrons. The highest BCUT2D eigenvalue weighted by Crippen LogP contribution is 2.30. The molecule has 0 saturated carbocycles. The summed E-state index contributed by atoms with van der Waals surface area (Å²) in [6, 6.07) is 6.69. The summed E-state index contributed by atoms with van der Waals surface area (Å²) in [4.78, 5) is 15.3. The fraction of sp³-hybridized carbons (Fsp3) is 0.500. The minimum atomic E-state index is -0.298. The highest BCUT2D eigenvalue weighted by atomic mass is 19.1. The van der Waals surface area contributed by atoms with E-state index in [1.165, 1.54) is 57.3 Å². The van der Waals surface area contributed by atoms with Crippen LogP contribution in [0.25, 0.3) is 11.3 Å². The third-order valence-corrected chi connectivity index (χ3v) is 5.77. The van der Waals surface area contributed by atoms with Crippen LogP contribution >= 0.6 is 0 Å². The minimum Gasteiger partial charge on any atom is -0.352 e.